The van der Waals surface area contributed by atoms with Gasteiger partial charge in [-0.3, -0.25) is 9.48 Å². The predicted octanol–water partition coefficient (Wildman–Crippen LogP) is -0.0882. The summed E-state index contributed by atoms with van der Waals surface area (Å²) in [6, 6.07) is 0.993. The van der Waals surface area contributed by atoms with Crippen LogP contribution in [0.5, 0.6) is 0 Å². The summed E-state index contributed by atoms with van der Waals surface area (Å²) >= 11 is 0. The molecule has 0 saturated heterocycles. The topological polar surface area (TPSA) is 81.1 Å². The summed E-state index contributed by atoms with van der Waals surface area (Å²) in [5.41, 5.74) is 7.16. The van der Waals surface area contributed by atoms with E-state index in [9.17, 15) is 4.79 Å². The molecule has 0 bridgehead atoms. The number of aliphatic carboxylic acids is 1. The van der Waals surface area contributed by atoms with Crippen LogP contribution in [0.2, 0.25) is 0 Å². The second-order valence-electron chi connectivity index (χ2n) is 3.05. The largest absolute Gasteiger partial charge is 0.480 e. The summed E-state index contributed by atoms with van der Waals surface area (Å²) in [7, 11) is 0. The Balaban J connectivity index is 2.74. The van der Waals surface area contributed by atoms with E-state index < -0.39 is 12.0 Å². The van der Waals surface area contributed by atoms with Gasteiger partial charge in [0.05, 0.1) is 12.2 Å². The minimum atomic E-state index is -1.01. The third-order valence-corrected chi connectivity index (χ3v) is 1.79. The van der Waals surface area contributed by atoms with Gasteiger partial charge in [0.15, 0.2) is 0 Å². The molecule has 0 aliphatic carbocycles. The van der Waals surface area contributed by atoms with Crippen LogP contribution in [0.15, 0.2) is 6.07 Å². The molecule has 0 saturated carbocycles. The second kappa shape index (κ2) is 3.57. The Morgan fingerprint density at radius 3 is 2.77 bits per heavy atom. The Labute approximate surface area is 76.2 Å². The zero-order valence-corrected chi connectivity index (χ0v) is 7.69. The van der Waals surface area contributed by atoms with Gasteiger partial charge in [0.1, 0.15) is 6.04 Å². The molecule has 0 aliphatic heterocycles. The van der Waals surface area contributed by atoms with Crippen molar-refractivity contribution in [2.75, 3.05) is 0 Å². The van der Waals surface area contributed by atoms with Crippen molar-refractivity contribution in [2.45, 2.75) is 26.4 Å². The third kappa shape index (κ3) is 2.29. The molecule has 1 atom stereocenters. The maximum Gasteiger partial charge on any atom is 0.322 e. The minimum Gasteiger partial charge on any atom is -0.480 e. The lowest BCUT2D eigenvalue weighted by atomic mass is 10.3. The summed E-state index contributed by atoms with van der Waals surface area (Å²) in [5.74, 6) is -1.01. The molecule has 0 aliphatic rings. The number of aryl methyl sites for hydroxylation is 2. The molecule has 1 aromatic rings. The molecular formula is C8H13N3O2. The van der Waals surface area contributed by atoms with Gasteiger partial charge in [0.25, 0.3) is 0 Å². The van der Waals surface area contributed by atoms with Crippen molar-refractivity contribution in [2.24, 2.45) is 5.73 Å². The van der Waals surface area contributed by atoms with Crippen molar-refractivity contribution in [1.82, 2.24) is 9.78 Å². The molecule has 0 radical (unpaired) electrons. The van der Waals surface area contributed by atoms with Gasteiger partial charge in [-0.15, -0.1) is 0 Å². The van der Waals surface area contributed by atoms with Crippen LogP contribution in [-0.2, 0) is 11.3 Å². The highest BCUT2D eigenvalue weighted by Crippen LogP contribution is 2.02. The molecule has 0 aromatic carbocycles. The SMILES string of the molecule is Cc1cc(C)n(C[C@H](N)C(=O)O)n1. The zero-order chi connectivity index (χ0) is 10.0. The zero-order valence-electron chi connectivity index (χ0n) is 7.69. The van der Waals surface area contributed by atoms with Crippen molar-refractivity contribution in [3.8, 4) is 0 Å². The van der Waals surface area contributed by atoms with E-state index in [1.165, 1.54) is 0 Å². The van der Waals surface area contributed by atoms with E-state index >= 15 is 0 Å². The van der Waals surface area contributed by atoms with Crippen LogP contribution >= 0.6 is 0 Å². The van der Waals surface area contributed by atoms with Crippen LogP contribution in [-0.4, -0.2) is 26.9 Å². The molecule has 0 fully saturated rings. The summed E-state index contributed by atoms with van der Waals surface area (Å²) in [6.07, 6.45) is 0. The lowest BCUT2D eigenvalue weighted by Crippen LogP contribution is -2.35. The number of hydrogen-bond acceptors (Lipinski definition) is 3. The lowest BCUT2D eigenvalue weighted by molar-refractivity contribution is -0.138. The number of aromatic nitrogens is 2. The number of carboxylic acid groups (broad SMARTS) is 1. The number of nitrogens with two attached hydrogens (primary N) is 1. The average Bonchev–Trinajstić information content (AvgIpc) is 2.30. The van der Waals surface area contributed by atoms with Crippen LogP contribution < -0.4 is 5.73 Å². The van der Waals surface area contributed by atoms with Gasteiger partial charge >= 0.3 is 5.97 Å². The third-order valence-electron chi connectivity index (χ3n) is 1.79. The van der Waals surface area contributed by atoms with Gasteiger partial charge in [-0.1, -0.05) is 0 Å². The number of hydrogen-bond donors (Lipinski definition) is 2. The fraction of sp³-hybridized carbons (Fsp3) is 0.500. The van der Waals surface area contributed by atoms with Gasteiger partial charge in [-0.2, -0.15) is 5.10 Å². The summed E-state index contributed by atoms with van der Waals surface area (Å²) in [4.78, 5) is 10.5. The summed E-state index contributed by atoms with van der Waals surface area (Å²) in [6.45, 7) is 3.94. The smallest absolute Gasteiger partial charge is 0.322 e. The Bertz CT molecular complexity index is 319. The first-order valence-corrected chi connectivity index (χ1v) is 4.00. The Kier molecular flexibility index (Phi) is 2.67. The second-order valence-corrected chi connectivity index (χ2v) is 3.05. The van der Waals surface area contributed by atoms with E-state index in [-0.39, 0.29) is 6.54 Å². The molecule has 1 heterocycles. The maximum absolute atomic E-state index is 10.5. The van der Waals surface area contributed by atoms with Crippen molar-refractivity contribution in [3.05, 3.63) is 17.5 Å². The number of carboxylic acids is 1. The quantitative estimate of drug-likeness (QED) is 0.686. The van der Waals surface area contributed by atoms with Crippen molar-refractivity contribution >= 4 is 5.97 Å². The van der Waals surface area contributed by atoms with Crippen molar-refractivity contribution < 1.29 is 9.90 Å². The highest BCUT2D eigenvalue weighted by atomic mass is 16.4. The van der Waals surface area contributed by atoms with Gasteiger partial charge in [-0.25, -0.2) is 0 Å². The average molecular weight is 183 g/mol. The number of nitrogens with zero attached hydrogens (tertiary/aromatic N) is 2. The van der Waals surface area contributed by atoms with Gasteiger partial charge in [0, 0.05) is 5.69 Å². The standard InChI is InChI=1S/C8H13N3O2/c1-5-3-6(2)11(10-5)4-7(9)8(12)13/h3,7H,4,9H2,1-2H3,(H,12,13)/t7-/m0/s1. The normalized spacial score (nSPS) is 12.8. The van der Waals surface area contributed by atoms with Gasteiger partial charge in [0.2, 0.25) is 0 Å². The van der Waals surface area contributed by atoms with Gasteiger partial charge in [-0.05, 0) is 19.9 Å². The Morgan fingerprint density at radius 2 is 2.38 bits per heavy atom. The van der Waals surface area contributed by atoms with Crippen molar-refractivity contribution in [3.63, 3.8) is 0 Å². The highest BCUT2D eigenvalue weighted by molar-refractivity contribution is 5.72. The molecular weight excluding hydrogens is 170 g/mol. The number of carbonyl (C=O) groups is 1. The summed E-state index contributed by atoms with van der Waals surface area (Å²) < 4.78 is 1.61. The van der Waals surface area contributed by atoms with Crippen LogP contribution in [0, 0.1) is 13.8 Å². The molecule has 0 amide bonds. The predicted molar refractivity (Wildman–Crippen MR) is 47.3 cm³/mol. The molecule has 1 rings (SSSR count). The van der Waals surface area contributed by atoms with E-state index in [0.29, 0.717) is 0 Å². The van der Waals surface area contributed by atoms with Crippen LogP contribution in [0.1, 0.15) is 11.4 Å². The van der Waals surface area contributed by atoms with Gasteiger partial charge < -0.3 is 10.8 Å². The monoisotopic (exact) mass is 183 g/mol. The van der Waals surface area contributed by atoms with Crippen LogP contribution in [0.4, 0.5) is 0 Å². The first-order valence-electron chi connectivity index (χ1n) is 4.00. The fourth-order valence-corrected chi connectivity index (χ4v) is 1.12. The lowest BCUT2D eigenvalue weighted by Gasteiger charge is -2.07. The van der Waals surface area contributed by atoms with E-state index in [1.807, 2.05) is 19.9 Å². The molecule has 72 valence electrons. The fourth-order valence-electron chi connectivity index (χ4n) is 1.12. The molecule has 0 unspecified atom stereocenters. The maximum atomic E-state index is 10.5. The number of rotatable bonds is 3. The molecule has 3 N–H and O–H groups in total. The van der Waals surface area contributed by atoms with Crippen LogP contribution in [0.25, 0.3) is 0 Å². The van der Waals surface area contributed by atoms with E-state index in [0.717, 1.165) is 11.4 Å². The summed E-state index contributed by atoms with van der Waals surface area (Å²) in [5, 5.41) is 12.7. The van der Waals surface area contributed by atoms with Crippen molar-refractivity contribution in [1.29, 1.82) is 0 Å². The van der Waals surface area contributed by atoms with Crippen LogP contribution in [0.3, 0.4) is 0 Å². The highest BCUT2D eigenvalue weighted by Gasteiger charge is 2.13. The Morgan fingerprint density at radius 1 is 1.77 bits per heavy atom. The Hall–Kier alpha value is -1.36. The molecule has 5 heteroatoms. The van der Waals surface area contributed by atoms with E-state index in [4.69, 9.17) is 10.8 Å². The molecule has 1 aromatic heterocycles. The molecule has 0 spiro atoms. The molecule has 5 nitrogen and oxygen atoms in total. The van der Waals surface area contributed by atoms with E-state index in [1.54, 1.807) is 4.68 Å². The first kappa shape index (κ1) is 9.73. The first-order chi connectivity index (χ1) is 6.00. The molecule has 13 heavy (non-hydrogen) atoms. The minimum absolute atomic E-state index is 0.217. The van der Waals surface area contributed by atoms with E-state index in [2.05, 4.69) is 5.10 Å².